The lowest BCUT2D eigenvalue weighted by Crippen LogP contribution is -2.24. The number of rotatable bonds is 5. The molecule has 2 aromatic heterocycles. The summed E-state index contributed by atoms with van der Waals surface area (Å²) in [6, 6.07) is 6.78. The average molecular weight is 447 g/mol. The average Bonchev–Trinajstić information content (AvgIpc) is 3.11. The number of aliphatic hydroxyl groups excluding tert-OH is 1. The van der Waals surface area contributed by atoms with Crippen LogP contribution in [0.3, 0.4) is 0 Å². The molecule has 0 radical (unpaired) electrons. The molecule has 154 valence electrons. The minimum Gasteiger partial charge on any atom is -0.374 e. The van der Waals surface area contributed by atoms with Crippen LogP contribution in [-0.4, -0.2) is 26.0 Å². The molecule has 0 fully saturated rings. The van der Waals surface area contributed by atoms with Gasteiger partial charge in [0.05, 0.1) is 21.9 Å². The highest BCUT2D eigenvalue weighted by Crippen LogP contribution is 2.35. The molecule has 1 aromatic carbocycles. The number of nitrogens with one attached hydrogen (secondary N) is 1. The van der Waals surface area contributed by atoms with E-state index in [0.717, 1.165) is 12.3 Å². The number of nitrogens with zero attached hydrogens (tertiary/aromatic N) is 3. The zero-order valence-electron chi connectivity index (χ0n) is 14.9. The van der Waals surface area contributed by atoms with E-state index in [9.17, 15) is 23.1 Å². The van der Waals surface area contributed by atoms with Crippen molar-refractivity contribution in [1.82, 2.24) is 19.7 Å². The number of hydrogen-bond donors (Lipinski definition) is 2. The Bertz CT molecular complexity index is 1080. The highest BCUT2D eigenvalue weighted by molar-refractivity contribution is 6.41. The van der Waals surface area contributed by atoms with Crippen molar-refractivity contribution in [3.63, 3.8) is 0 Å². The Labute approximate surface area is 173 Å². The summed E-state index contributed by atoms with van der Waals surface area (Å²) < 4.78 is 42.8. The van der Waals surface area contributed by atoms with Crippen molar-refractivity contribution in [3.05, 3.63) is 74.4 Å². The second kappa shape index (κ2) is 8.19. The first-order chi connectivity index (χ1) is 13.6. The third-order valence-corrected chi connectivity index (χ3v) is 4.80. The molecular weight excluding hydrogens is 432 g/mol. The van der Waals surface area contributed by atoms with E-state index in [2.05, 4.69) is 10.4 Å². The predicted octanol–water partition coefficient (Wildman–Crippen LogP) is 3.95. The van der Waals surface area contributed by atoms with Gasteiger partial charge in [-0.05, 0) is 30.8 Å². The van der Waals surface area contributed by atoms with Crippen molar-refractivity contribution in [2.45, 2.75) is 19.3 Å². The van der Waals surface area contributed by atoms with Crippen LogP contribution in [0.2, 0.25) is 10.0 Å². The molecule has 29 heavy (non-hydrogen) atoms. The summed E-state index contributed by atoms with van der Waals surface area (Å²) in [6.45, 7) is 1.93. The summed E-state index contributed by atoms with van der Waals surface area (Å²) in [6.07, 6.45) is -3.98. The van der Waals surface area contributed by atoms with Crippen LogP contribution in [0.25, 0.3) is 11.4 Å². The normalized spacial score (nSPS) is 12.9. The molecule has 3 aromatic rings. The molecule has 3 rings (SSSR count). The van der Waals surface area contributed by atoms with Crippen molar-refractivity contribution in [2.75, 3.05) is 6.54 Å². The van der Waals surface area contributed by atoms with Gasteiger partial charge in [0.2, 0.25) is 0 Å². The van der Waals surface area contributed by atoms with Crippen molar-refractivity contribution in [1.29, 1.82) is 0 Å². The summed E-state index contributed by atoms with van der Waals surface area (Å²) in [5.41, 5.74) is -1.44. The van der Waals surface area contributed by atoms with Crippen molar-refractivity contribution >= 4 is 23.2 Å². The van der Waals surface area contributed by atoms with Gasteiger partial charge in [0.15, 0.2) is 5.69 Å². The predicted molar refractivity (Wildman–Crippen MR) is 103 cm³/mol. The number of alkyl halides is 3. The fourth-order valence-electron chi connectivity index (χ4n) is 2.79. The smallest absolute Gasteiger partial charge is 0.374 e. The van der Waals surface area contributed by atoms with Crippen LogP contribution < -0.4 is 10.9 Å². The molecule has 1 unspecified atom stereocenters. The van der Waals surface area contributed by atoms with Gasteiger partial charge in [0, 0.05) is 23.5 Å². The van der Waals surface area contributed by atoms with Gasteiger partial charge in [-0.1, -0.05) is 30.1 Å². The van der Waals surface area contributed by atoms with Gasteiger partial charge in [0.1, 0.15) is 6.23 Å². The first-order valence-electron chi connectivity index (χ1n) is 8.38. The molecule has 2 heterocycles. The number of pyridine rings is 1. The standard InChI is InChI=1S/C18H15Cl2F3N4O2/c1-2-24-17(29)12-8-25-27(16(12)18(21,22)23)11-5-3-10(4-6-11)26-9-14(20)13(19)7-15(26)28/h3-9,17,24,29H,2H2,1H3. The molecule has 0 saturated heterocycles. The Morgan fingerprint density at radius 2 is 1.79 bits per heavy atom. The molecular formula is C18H15Cl2F3N4O2. The van der Waals surface area contributed by atoms with Crippen molar-refractivity contribution in [3.8, 4) is 11.4 Å². The summed E-state index contributed by atoms with van der Waals surface area (Å²) in [5, 5.41) is 16.5. The molecule has 6 nitrogen and oxygen atoms in total. The lowest BCUT2D eigenvalue weighted by atomic mass is 10.2. The maximum atomic E-state index is 13.6. The zero-order chi connectivity index (χ0) is 21.3. The van der Waals surface area contributed by atoms with Gasteiger partial charge in [-0.3, -0.25) is 14.7 Å². The number of halogens is 5. The Morgan fingerprint density at radius 1 is 1.17 bits per heavy atom. The Morgan fingerprint density at radius 3 is 2.38 bits per heavy atom. The van der Waals surface area contributed by atoms with E-state index in [-0.39, 0.29) is 27.8 Å². The molecule has 1 atom stereocenters. The maximum absolute atomic E-state index is 13.6. The van der Waals surface area contributed by atoms with E-state index in [1.807, 2.05) is 0 Å². The Balaban J connectivity index is 2.05. The van der Waals surface area contributed by atoms with Gasteiger partial charge in [-0.15, -0.1) is 0 Å². The number of aromatic nitrogens is 3. The fraction of sp³-hybridized carbons (Fsp3) is 0.222. The first-order valence-corrected chi connectivity index (χ1v) is 9.14. The molecule has 0 aliphatic heterocycles. The second-order valence-electron chi connectivity index (χ2n) is 6.01. The second-order valence-corrected chi connectivity index (χ2v) is 6.83. The van der Waals surface area contributed by atoms with Gasteiger partial charge in [-0.2, -0.15) is 18.3 Å². The molecule has 0 bridgehead atoms. The summed E-state index contributed by atoms with van der Waals surface area (Å²) in [5.74, 6) is 0. The van der Waals surface area contributed by atoms with Crippen LogP contribution in [0.5, 0.6) is 0 Å². The van der Waals surface area contributed by atoms with Crippen LogP contribution in [-0.2, 0) is 6.18 Å². The minimum atomic E-state index is -4.75. The molecule has 11 heteroatoms. The van der Waals surface area contributed by atoms with Crippen LogP contribution in [0, 0.1) is 0 Å². The summed E-state index contributed by atoms with van der Waals surface area (Å²) in [4.78, 5) is 12.1. The largest absolute Gasteiger partial charge is 0.433 e. The van der Waals surface area contributed by atoms with E-state index < -0.39 is 23.7 Å². The monoisotopic (exact) mass is 446 g/mol. The molecule has 0 aliphatic rings. The molecule has 2 N–H and O–H groups in total. The van der Waals surface area contributed by atoms with Gasteiger partial charge >= 0.3 is 6.18 Å². The number of aliphatic hydroxyl groups is 1. The van der Waals surface area contributed by atoms with Crippen molar-refractivity contribution in [2.24, 2.45) is 0 Å². The summed E-state index contributed by atoms with van der Waals surface area (Å²) >= 11 is 11.7. The molecule has 0 aliphatic carbocycles. The number of benzene rings is 1. The van der Waals surface area contributed by atoms with E-state index >= 15 is 0 Å². The quantitative estimate of drug-likeness (QED) is 0.582. The van der Waals surface area contributed by atoms with E-state index in [1.54, 1.807) is 6.92 Å². The summed E-state index contributed by atoms with van der Waals surface area (Å²) in [7, 11) is 0. The van der Waals surface area contributed by atoms with Crippen LogP contribution in [0.15, 0.2) is 47.5 Å². The lowest BCUT2D eigenvalue weighted by Gasteiger charge is -2.16. The third-order valence-electron chi connectivity index (χ3n) is 4.09. The SMILES string of the molecule is CCNC(O)c1cnn(-c2ccc(-n3cc(Cl)c(Cl)cc3=O)cc2)c1C(F)(F)F. The minimum absolute atomic E-state index is 0.0997. The van der Waals surface area contributed by atoms with Gasteiger partial charge < -0.3 is 5.11 Å². The maximum Gasteiger partial charge on any atom is 0.433 e. The molecule has 0 saturated carbocycles. The molecule has 0 amide bonds. The number of hydrogen-bond acceptors (Lipinski definition) is 4. The van der Waals surface area contributed by atoms with Crippen LogP contribution >= 0.6 is 23.2 Å². The lowest BCUT2D eigenvalue weighted by molar-refractivity contribution is -0.144. The van der Waals surface area contributed by atoms with Crippen LogP contribution in [0.1, 0.15) is 24.4 Å². The van der Waals surface area contributed by atoms with Crippen LogP contribution in [0.4, 0.5) is 13.2 Å². The Hall–Kier alpha value is -2.33. The third kappa shape index (κ3) is 4.32. The van der Waals surface area contributed by atoms with Gasteiger partial charge in [-0.25, -0.2) is 4.68 Å². The van der Waals surface area contributed by atoms with Gasteiger partial charge in [0.25, 0.3) is 5.56 Å². The Kier molecular flexibility index (Phi) is 6.04. The highest BCUT2D eigenvalue weighted by Gasteiger charge is 2.40. The topological polar surface area (TPSA) is 72.1 Å². The first kappa shape index (κ1) is 21.4. The fourth-order valence-corrected chi connectivity index (χ4v) is 3.08. The highest BCUT2D eigenvalue weighted by atomic mass is 35.5. The van der Waals surface area contributed by atoms with Crippen molar-refractivity contribution < 1.29 is 18.3 Å². The van der Waals surface area contributed by atoms with E-state index in [1.165, 1.54) is 35.0 Å². The zero-order valence-corrected chi connectivity index (χ0v) is 16.4. The van der Waals surface area contributed by atoms with E-state index in [4.69, 9.17) is 23.2 Å². The van der Waals surface area contributed by atoms with E-state index in [0.29, 0.717) is 10.4 Å². The molecule has 0 spiro atoms.